The minimum Gasteiger partial charge on any atom is -0.383 e. The summed E-state index contributed by atoms with van der Waals surface area (Å²) in [6, 6.07) is 9.84. The minimum absolute atomic E-state index is 0.167. The fourth-order valence-corrected chi connectivity index (χ4v) is 3.66. The molecular formula is C15H17ClN2O3S. The Morgan fingerprint density at radius 2 is 2.09 bits per heavy atom. The van der Waals surface area contributed by atoms with Crippen LogP contribution in [0.3, 0.4) is 0 Å². The van der Waals surface area contributed by atoms with Crippen molar-refractivity contribution in [2.75, 3.05) is 20.3 Å². The lowest BCUT2D eigenvalue weighted by atomic mass is 10.3. The average molecular weight is 341 g/mol. The van der Waals surface area contributed by atoms with Crippen LogP contribution in [0.15, 0.2) is 53.7 Å². The molecule has 0 radical (unpaired) electrons. The number of rotatable bonds is 7. The van der Waals surface area contributed by atoms with Crippen LogP contribution in [0, 0.1) is 0 Å². The number of nitrogens with zero attached hydrogens (tertiary/aromatic N) is 2. The lowest BCUT2D eigenvalue weighted by Crippen LogP contribution is -2.33. The predicted molar refractivity (Wildman–Crippen MR) is 85.2 cm³/mol. The zero-order valence-corrected chi connectivity index (χ0v) is 13.7. The van der Waals surface area contributed by atoms with Gasteiger partial charge in [0.05, 0.1) is 11.5 Å². The second kappa shape index (κ2) is 7.69. The maximum atomic E-state index is 12.8. The molecule has 1 aromatic heterocycles. The highest BCUT2D eigenvalue weighted by atomic mass is 35.5. The van der Waals surface area contributed by atoms with Crippen LogP contribution in [0.25, 0.3) is 0 Å². The highest BCUT2D eigenvalue weighted by Gasteiger charge is 2.24. The Morgan fingerprint density at radius 1 is 1.27 bits per heavy atom. The van der Waals surface area contributed by atoms with Gasteiger partial charge >= 0.3 is 0 Å². The van der Waals surface area contributed by atoms with Gasteiger partial charge in [-0.2, -0.15) is 4.31 Å². The van der Waals surface area contributed by atoms with Crippen molar-refractivity contribution in [2.45, 2.75) is 11.4 Å². The number of benzene rings is 1. The molecule has 1 heterocycles. The summed E-state index contributed by atoms with van der Waals surface area (Å²) in [6.45, 7) is 0.784. The molecule has 118 valence electrons. The van der Waals surface area contributed by atoms with Crippen LogP contribution in [-0.2, 0) is 21.3 Å². The first-order valence-electron chi connectivity index (χ1n) is 6.67. The van der Waals surface area contributed by atoms with E-state index in [0.29, 0.717) is 11.6 Å². The Kier molecular flexibility index (Phi) is 5.90. The first kappa shape index (κ1) is 16.9. The molecular weight excluding hydrogens is 324 g/mol. The van der Waals surface area contributed by atoms with Crippen molar-refractivity contribution >= 4 is 21.6 Å². The van der Waals surface area contributed by atoms with E-state index in [0.717, 1.165) is 5.56 Å². The number of sulfonamides is 1. The molecule has 0 atom stereocenters. The van der Waals surface area contributed by atoms with Crippen molar-refractivity contribution < 1.29 is 13.2 Å². The van der Waals surface area contributed by atoms with Gasteiger partial charge in [-0.3, -0.25) is 4.98 Å². The summed E-state index contributed by atoms with van der Waals surface area (Å²) in [5, 5.41) is 0.383. The third kappa shape index (κ3) is 4.27. The van der Waals surface area contributed by atoms with E-state index < -0.39 is 10.0 Å². The van der Waals surface area contributed by atoms with Crippen molar-refractivity contribution in [1.29, 1.82) is 0 Å². The molecule has 2 rings (SSSR count). The fourth-order valence-electron chi connectivity index (χ4n) is 1.95. The van der Waals surface area contributed by atoms with Gasteiger partial charge in [0.25, 0.3) is 0 Å². The molecule has 0 aliphatic carbocycles. The Labute approximate surface area is 135 Å². The van der Waals surface area contributed by atoms with Crippen molar-refractivity contribution in [3.05, 3.63) is 59.4 Å². The molecule has 0 unspecified atom stereocenters. The molecule has 0 spiro atoms. The molecule has 1 aromatic carbocycles. The van der Waals surface area contributed by atoms with Crippen LogP contribution in [0.1, 0.15) is 5.56 Å². The SMILES string of the molecule is COCCN(Cc1cccnc1)S(=O)(=O)c1cccc(Cl)c1. The molecule has 0 aliphatic heterocycles. The van der Waals surface area contributed by atoms with Gasteiger partial charge in [-0.1, -0.05) is 23.7 Å². The van der Waals surface area contributed by atoms with E-state index in [-0.39, 0.29) is 18.0 Å². The van der Waals surface area contributed by atoms with Crippen molar-refractivity contribution in [1.82, 2.24) is 9.29 Å². The minimum atomic E-state index is -3.65. The lowest BCUT2D eigenvalue weighted by molar-refractivity contribution is 0.177. The quantitative estimate of drug-likeness (QED) is 0.777. The summed E-state index contributed by atoms with van der Waals surface area (Å²) >= 11 is 5.90. The van der Waals surface area contributed by atoms with Crippen LogP contribution in [-0.4, -0.2) is 38.0 Å². The summed E-state index contributed by atoms with van der Waals surface area (Å²) in [5.41, 5.74) is 0.809. The highest BCUT2D eigenvalue weighted by Crippen LogP contribution is 2.21. The molecule has 0 aliphatic rings. The summed E-state index contributed by atoms with van der Waals surface area (Å²) in [5.74, 6) is 0. The maximum Gasteiger partial charge on any atom is 0.243 e. The molecule has 0 bridgehead atoms. The Morgan fingerprint density at radius 3 is 2.73 bits per heavy atom. The number of hydrogen-bond donors (Lipinski definition) is 0. The highest BCUT2D eigenvalue weighted by molar-refractivity contribution is 7.89. The predicted octanol–water partition coefficient (Wildman–Crippen LogP) is 2.57. The Hall–Kier alpha value is -1.47. The molecule has 0 amide bonds. The number of methoxy groups -OCH3 is 1. The van der Waals surface area contributed by atoms with Gasteiger partial charge in [-0.05, 0) is 29.8 Å². The molecule has 7 heteroatoms. The fraction of sp³-hybridized carbons (Fsp3) is 0.267. The van der Waals surface area contributed by atoms with Crippen molar-refractivity contribution in [3.8, 4) is 0 Å². The monoisotopic (exact) mass is 340 g/mol. The number of ether oxygens (including phenoxy) is 1. The van der Waals surface area contributed by atoms with Crippen LogP contribution in [0.2, 0.25) is 5.02 Å². The van der Waals surface area contributed by atoms with E-state index in [1.807, 2.05) is 6.07 Å². The van der Waals surface area contributed by atoms with Crippen LogP contribution >= 0.6 is 11.6 Å². The second-order valence-corrected chi connectivity index (χ2v) is 7.02. The van der Waals surface area contributed by atoms with Crippen LogP contribution < -0.4 is 0 Å². The van der Waals surface area contributed by atoms with E-state index in [9.17, 15) is 8.42 Å². The first-order valence-corrected chi connectivity index (χ1v) is 8.49. The lowest BCUT2D eigenvalue weighted by Gasteiger charge is -2.22. The zero-order valence-electron chi connectivity index (χ0n) is 12.1. The second-order valence-electron chi connectivity index (χ2n) is 4.65. The maximum absolute atomic E-state index is 12.8. The van der Waals surface area contributed by atoms with E-state index in [1.165, 1.54) is 23.5 Å². The first-order chi connectivity index (χ1) is 10.5. The zero-order chi connectivity index (χ0) is 16.0. The van der Waals surface area contributed by atoms with Gasteiger partial charge in [0.2, 0.25) is 10.0 Å². The standard InChI is InChI=1S/C15H17ClN2O3S/c1-21-9-8-18(12-13-4-3-7-17-11-13)22(19,20)15-6-2-5-14(16)10-15/h2-7,10-11H,8-9,12H2,1H3. The molecule has 22 heavy (non-hydrogen) atoms. The number of hydrogen-bond acceptors (Lipinski definition) is 4. The summed E-state index contributed by atoms with van der Waals surface area (Å²) in [6.07, 6.45) is 3.29. The number of pyridine rings is 1. The van der Waals surface area contributed by atoms with Gasteiger partial charge in [0.1, 0.15) is 0 Å². The summed E-state index contributed by atoms with van der Waals surface area (Å²) in [7, 11) is -2.12. The van der Waals surface area contributed by atoms with E-state index in [2.05, 4.69) is 4.98 Å². The van der Waals surface area contributed by atoms with Crippen LogP contribution in [0.4, 0.5) is 0 Å². The van der Waals surface area contributed by atoms with Crippen LogP contribution in [0.5, 0.6) is 0 Å². The average Bonchev–Trinajstić information content (AvgIpc) is 2.52. The number of halogens is 1. The van der Waals surface area contributed by atoms with Gasteiger partial charge < -0.3 is 4.74 Å². The third-order valence-corrected chi connectivity index (χ3v) is 5.14. The molecule has 0 saturated carbocycles. The summed E-state index contributed by atoms with van der Waals surface area (Å²) in [4.78, 5) is 4.18. The largest absolute Gasteiger partial charge is 0.383 e. The normalized spacial score (nSPS) is 11.8. The smallest absolute Gasteiger partial charge is 0.243 e. The van der Waals surface area contributed by atoms with Gasteiger partial charge in [-0.25, -0.2) is 8.42 Å². The Balaban J connectivity index is 2.31. The molecule has 5 nitrogen and oxygen atoms in total. The molecule has 0 N–H and O–H groups in total. The number of aromatic nitrogens is 1. The van der Waals surface area contributed by atoms with Gasteiger partial charge in [-0.15, -0.1) is 0 Å². The third-order valence-electron chi connectivity index (χ3n) is 3.06. The van der Waals surface area contributed by atoms with E-state index in [1.54, 1.807) is 30.6 Å². The topological polar surface area (TPSA) is 59.5 Å². The molecule has 0 fully saturated rings. The van der Waals surface area contributed by atoms with E-state index in [4.69, 9.17) is 16.3 Å². The molecule has 0 saturated heterocycles. The Bertz CT molecular complexity index is 708. The van der Waals surface area contributed by atoms with Gasteiger partial charge in [0, 0.05) is 37.6 Å². The molecule has 2 aromatic rings. The van der Waals surface area contributed by atoms with E-state index >= 15 is 0 Å². The van der Waals surface area contributed by atoms with Gasteiger partial charge in [0.15, 0.2) is 0 Å². The summed E-state index contributed by atoms with van der Waals surface area (Å²) < 4.78 is 31.9. The van der Waals surface area contributed by atoms with Crippen molar-refractivity contribution in [3.63, 3.8) is 0 Å². The van der Waals surface area contributed by atoms with Crippen molar-refractivity contribution in [2.24, 2.45) is 0 Å².